The van der Waals surface area contributed by atoms with Crippen LogP contribution in [-0.2, 0) is 12.7 Å². The van der Waals surface area contributed by atoms with Gasteiger partial charge in [0.2, 0.25) is 0 Å². The van der Waals surface area contributed by atoms with E-state index in [4.69, 9.17) is 0 Å². The van der Waals surface area contributed by atoms with Crippen LogP contribution in [0, 0.1) is 0 Å². The molecule has 0 radical (unpaired) electrons. The van der Waals surface area contributed by atoms with Crippen LogP contribution in [0.2, 0.25) is 0 Å². The predicted octanol–water partition coefficient (Wildman–Crippen LogP) is 3.29. The molecular weight excluding hydrogens is 245 g/mol. The van der Waals surface area contributed by atoms with Crippen molar-refractivity contribution in [1.29, 1.82) is 0 Å². The first-order valence-electron chi connectivity index (χ1n) is 5.36. The molecule has 1 N–H and O–H groups in total. The van der Waals surface area contributed by atoms with E-state index in [2.05, 4.69) is 5.10 Å². The number of rotatable bonds is 2. The number of halogens is 3. The molecule has 0 bridgehead atoms. The molecule has 2 aromatic rings. The smallest absolute Gasteiger partial charge is 0.417 e. The third-order valence-electron chi connectivity index (χ3n) is 2.61. The second kappa shape index (κ2) is 4.36. The van der Waals surface area contributed by atoms with Crippen molar-refractivity contribution in [3.8, 4) is 17.0 Å². The Kier molecular flexibility index (Phi) is 3.02. The van der Waals surface area contributed by atoms with Crippen molar-refractivity contribution in [3.63, 3.8) is 0 Å². The molecule has 1 heterocycles. The van der Waals surface area contributed by atoms with Gasteiger partial charge in [0.05, 0.1) is 11.8 Å². The summed E-state index contributed by atoms with van der Waals surface area (Å²) in [7, 11) is 0. The zero-order valence-corrected chi connectivity index (χ0v) is 9.57. The van der Waals surface area contributed by atoms with Crippen LogP contribution in [-0.4, -0.2) is 14.9 Å². The molecule has 0 aliphatic carbocycles. The molecule has 0 amide bonds. The van der Waals surface area contributed by atoms with Gasteiger partial charge < -0.3 is 5.11 Å². The maximum atomic E-state index is 12.9. The van der Waals surface area contributed by atoms with Gasteiger partial charge in [-0.25, -0.2) is 0 Å². The molecule has 0 atom stereocenters. The van der Waals surface area contributed by atoms with E-state index in [1.807, 2.05) is 0 Å². The summed E-state index contributed by atoms with van der Waals surface area (Å²) in [5.74, 6) is -0.256. The quantitative estimate of drug-likeness (QED) is 0.895. The van der Waals surface area contributed by atoms with Crippen LogP contribution in [0.25, 0.3) is 11.3 Å². The number of aromatic hydroxyl groups is 1. The van der Waals surface area contributed by atoms with Gasteiger partial charge in [0.15, 0.2) is 5.75 Å². The lowest BCUT2D eigenvalue weighted by molar-refractivity contribution is -0.137. The summed E-state index contributed by atoms with van der Waals surface area (Å²) in [6.45, 7) is 2.12. The maximum Gasteiger partial charge on any atom is 0.417 e. The lowest BCUT2D eigenvalue weighted by Gasteiger charge is -2.13. The summed E-state index contributed by atoms with van der Waals surface area (Å²) < 4.78 is 40.0. The van der Waals surface area contributed by atoms with Crippen LogP contribution in [0.4, 0.5) is 13.2 Å². The molecule has 2 rings (SSSR count). The molecule has 18 heavy (non-hydrogen) atoms. The molecule has 6 heteroatoms. The first-order valence-corrected chi connectivity index (χ1v) is 5.36. The van der Waals surface area contributed by atoms with Crippen LogP contribution in [0.5, 0.6) is 5.75 Å². The van der Waals surface area contributed by atoms with E-state index < -0.39 is 11.7 Å². The Morgan fingerprint density at radius 2 is 1.94 bits per heavy atom. The molecule has 96 valence electrons. The second-order valence-electron chi connectivity index (χ2n) is 3.74. The highest BCUT2D eigenvalue weighted by Crippen LogP contribution is 2.39. The molecule has 1 aromatic heterocycles. The lowest BCUT2D eigenvalue weighted by atomic mass is 10.0. The average molecular weight is 256 g/mol. The van der Waals surface area contributed by atoms with Crippen LogP contribution >= 0.6 is 0 Å². The van der Waals surface area contributed by atoms with Gasteiger partial charge in [0.1, 0.15) is 5.69 Å². The number of hydrogen-bond donors (Lipinski definition) is 1. The van der Waals surface area contributed by atoms with Gasteiger partial charge in [0, 0.05) is 12.1 Å². The predicted molar refractivity (Wildman–Crippen MR) is 60.0 cm³/mol. The number of hydrogen-bond acceptors (Lipinski definition) is 2. The van der Waals surface area contributed by atoms with Crippen molar-refractivity contribution in [1.82, 2.24) is 9.78 Å². The first-order chi connectivity index (χ1) is 8.45. The lowest BCUT2D eigenvalue weighted by Crippen LogP contribution is -2.09. The molecule has 0 spiro atoms. The van der Waals surface area contributed by atoms with Crippen molar-refractivity contribution in [2.45, 2.75) is 19.6 Å². The summed E-state index contributed by atoms with van der Waals surface area (Å²) in [5, 5.41) is 13.5. The summed E-state index contributed by atoms with van der Waals surface area (Å²) in [6, 6.07) is 5.13. The molecule has 0 unspecified atom stereocenters. The van der Waals surface area contributed by atoms with Crippen LogP contribution in [0.1, 0.15) is 12.5 Å². The minimum atomic E-state index is -4.47. The Morgan fingerprint density at radius 3 is 2.56 bits per heavy atom. The van der Waals surface area contributed by atoms with Crippen molar-refractivity contribution < 1.29 is 18.3 Å². The summed E-state index contributed by atoms with van der Waals surface area (Å²) in [6.07, 6.45) is -3.32. The zero-order valence-electron chi connectivity index (χ0n) is 9.57. The summed E-state index contributed by atoms with van der Waals surface area (Å²) in [4.78, 5) is 0. The fourth-order valence-electron chi connectivity index (χ4n) is 1.83. The topological polar surface area (TPSA) is 38.0 Å². The van der Waals surface area contributed by atoms with Gasteiger partial charge in [-0.15, -0.1) is 0 Å². The fraction of sp³-hybridized carbons (Fsp3) is 0.250. The summed E-state index contributed by atoms with van der Waals surface area (Å²) >= 11 is 0. The minimum Gasteiger partial charge on any atom is -0.504 e. The van der Waals surface area contributed by atoms with Gasteiger partial charge in [0.25, 0.3) is 0 Å². The van der Waals surface area contributed by atoms with Gasteiger partial charge in [-0.2, -0.15) is 18.3 Å². The Labute approximate surface area is 101 Å². The van der Waals surface area contributed by atoms with E-state index in [9.17, 15) is 18.3 Å². The normalized spacial score (nSPS) is 11.8. The molecule has 1 aromatic carbocycles. The van der Waals surface area contributed by atoms with E-state index in [0.29, 0.717) is 6.54 Å². The molecule has 0 aliphatic rings. The summed E-state index contributed by atoms with van der Waals surface area (Å²) in [5.41, 5.74) is -0.761. The zero-order chi connectivity index (χ0) is 13.3. The monoisotopic (exact) mass is 256 g/mol. The van der Waals surface area contributed by atoms with Gasteiger partial charge >= 0.3 is 6.18 Å². The van der Waals surface area contributed by atoms with Crippen molar-refractivity contribution in [2.75, 3.05) is 0 Å². The molecule has 0 aliphatic heterocycles. The average Bonchev–Trinajstić information content (AvgIpc) is 2.69. The van der Waals surface area contributed by atoms with E-state index in [1.54, 1.807) is 6.92 Å². The Balaban J connectivity index is 2.68. The van der Waals surface area contributed by atoms with Crippen LogP contribution < -0.4 is 0 Å². The molecule has 3 nitrogen and oxygen atoms in total. The highest BCUT2D eigenvalue weighted by atomic mass is 19.4. The third kappa shape index (κ3) is 2.05. The first kappa shape index (κ1) is 12.5. The minimum absolute atomic E-state index is 0.0677. The SMILES string of the molecule is CCn1ncc(O)c1-c1ccccc1C(F)(F)F. The Bertz CT molecular complexity index is 561. The number of benzene rings is 1. The molecule has 0 saturated heterocycles. The molecule has 0 fully saturated rings. The number of alkyl halides is 3. The van der Waals surface area contributed by atoms with Gasteiger partial charge in [-0.1, -0.05) is 18.2 Å². The Hall–Kier alpha value is -1.98. The fourth-order valence-corrected chi connectivity index (χ4v) is 1.83. The van der Waals surface area contributed by atoms with E-state index in [1.165, 1.54) is 22.9 Å². The standard InChI is InChI=1S/C12H11F3N2O/c1-2-17-11(10(18)7-16-17)8-5-3-4-6-9(8)12(13,14)15/h3-7,18H,2H2,1H3. The largest absolute Gasteiger partial charge is 0.504 e. The molecule has 0 saturated carbocycles. The second-order valence-corrected chi connectivity index (χ2v) is 3.74. The third-order valence-corrected chi connectivity index (χ3v) is 2.61. The number of nitrogens with zero attached hydrogens (tertiary/aromatic N) is 2. The Morgan fingerprint density at radius 1 is 1.28 bits per heavy atom. The van der Waals surface area contributed by atoms with Crippen molar-refractivity contribution in [2.24, 2.45) is 0 Å². The van der Waals surface area contributed by atoms with E-state index in [0.717, 1.165) is 12.3 Å². The number of aryl methyl sites for hydroxylation is 1. The highest BCUT2D eigenvalue weighted by Gasteiger charge is 2.34. The van der Waals surface area contributed by atoms with Crippen LogP contribution in [0.3, 0.4) is 0 Å². The maximum absolute atomic E-state index is 12.9. The van der Waals surface area contributed by atoms with Crippen LogP contribution in [0.15, 0.2) is 30.5 Å². The van der Waals surface area contributed by atoms with Crippen molar-refractivity contribution >= 4 is 0 Å². The number of aromatic nitrogens is 2. The van der Waals surface area contributed by atoms with E-state index >= 15 is 0 Å². The van der Waals surface area contributed by atoms with E-state index in [-0.39, 0.29) is 17.0 Å². The molecular formula is C12H11F3N2O. The van der Waals surface area contributed by atoms with Crippen molar-refractivity contribution in [3.05, 3.63) is 36.0 Å². The van der Waals surface area contributed by atoms with Gasteiger partial charge in [-0.05, 0) is 13.0 Å². The highest BCUT2D eigenvalue weighted by molar-refractivity contribution is 5.70. The van der Waals surface area contributed by atoms with Gasteiger partial charge in [-0.3, -0.25) is 4.68 Å².